The topological polar surface area (TPSA) is 74.8 Å². The minimum absolute atomic E-state index is 0.129. The number of nitrogens with one attached hydrogen (secondary N) is 1. The van der Waals surface area contributed by atoms with E-state index in [1.54, 1.807) is 0 Å². The molecule has 0 spiro atoms. The van der Waals surface area contributed by atoms with Crippen LogP contribution in [0.1, 0.15) is 16.7 Å². The summed E-state index contributed by atoms with van der Waals surface area (Å²) in [5.41, 5.74) is 7.92. The van der Waals surface area contributed by atoms with Crippen molar-refractivity contribution in [3.8, 4) is 11.1 Å². The molecule has 0 amide bonds. The molecule has 0 bridgehead atoms. The summed E-state index contributed by atoms with van der Waals surface area (Å²) in [5, 5.41) is 15.0. The highest BCUT2D eigenvalue weighted by molar-refractivity contribution is 6.23. The van der Waals surface area contributed by atoms with Gasteiger partial charge in [0.2, 0.25) is 0 Å². The van der Waals surface area contributed by atoms with Gasteiger partial charge in [0.05, 0.1) is 0 Å². The Morgan fingerprint density at radius 3 is 2.02 bits per heavy atom. The lowest BCUT2D eigenvalue weighted by atomic mass is 9.97. The van der Waals surface area contributed by atoms with Crippen molar-refractivity contribution in [3.63, 3.8) is 0 Å². The normalized spacial score (nSPS) is 12.3. The third kappa shape index (κ3) is 4.77. The molecule has 9 rings (SSSR count). The van der Waals surface area contributed by atoms with Gasteiger partial charge >= 0.3 is 0 Å². The fourth-order valence-corrected chi connectivity index (χ4v) is 6.49. The smallest absolute Gasteiger partial charge is 0.161 e. The number of hydrogen-bond donors (Lipinski definition) is 1. The molecule has 2 aromatic heterocycles. The molecule has 0 aliphatic heterocycles. The fourth-order valence-electron chi connectivity index (χ4n) is 6.49. The minimum atomic E-state index is 0.129. The zero-order valence-corrected chi connectivity index (χ0v) is 25.7. The van der Waals surface area contributed by atoms with Gasteiger partial charge in [-0.2, -0.15) is 0 Å². The Labute approximate surface area is 275 Å². The average Bonchev–Trinajstić information content (AvgIpc) is 3.72. The number of hydrogen-bond acceptors (Lipinski definition) is 3. The summed E-state index contributed by atoms with van der Waals surface area (Å²) < 4.78 is 12.6. The summed E-state index contributed by atoms with van der Waals surface area (Å²) in [7, 11) is 0. The van der Waals surface area contributed by atoms with E-state index in [0.29, 0.717) is 11.4 Å². The molecule has 5 nitrogen and oxygen atoms in total. The summed E-state index contributed by atoms with van der Waals surface area (Å²) in [6, 6.07) is 50.6. The standard InChI is InChI=1S/C43H27N3O2/c44-42(28-13-5-2-6-14-28)46-43(30-20-22-39-36(25-30)34-15-7-9-17-37(34)47-39)45-26-32-24-31-23-29(27-11-3-1-4-12-27)19-21-33(31)41-40(32)35-16-8-10-18-38(35)48-41/h1-26,44H. The number of benzene rings is 7. The number of para-hydroxylation sites is 2. The molecule has 7 aromatic carbocycles. The molecular weight excluding hydrogens is 590 g/mol. The maximum Gasteiger partial charge on any atom is 0.161 e. The third-order valence-corrected chi connectivity index (χ3v) is 8.82. The van der Waals surface area contributed by atoms with Gasteiger partial charge in [-0.15, -0.1) is 0 Å². The van der Waals surface area contributed by atoms with E-state index < -0.39 is 0 Å². The summed E-state index contributed by atoms with van der Waals surface area (Å²) in [5.74, 6) is 0.555. The largest absolute Gasteiger partial charge is 0.456 e. The first-order valence-corrected chi connectivity index (χ1v) is 15.8. The summed E-state index contributed by atoms with van der Waals surface area (Å²) in [6.07, 6.45) is 1.85. The van der Waals surface area contributed by atoms with Gasteiger partial charge in [0.15, 0.2) is 11.7 Å². The molecule has 2 heterocycles. The van der Waals surface area contributed by atoms with Crippen molar-refractivity contribution in [2.24, 2.45) is 9.98 Å². The number of amidine groups is 2. The van der Waals surface area contributed by atoms with Crippen LogP contribution in [0, 0.1) is 5.41 Å². The fraction of sp³-hybridized carbons (Fsp3) is 0. The zero-order valence-electron chi connectivity index (χ0n) is 25.7. The molecule has 0 saturated carbocycles. The quantitative estimate of drug-likeness (QED) is 0.158. The molecule has 9 aromatic rings. The first-order valence-electron chi connectivity index (χ1n) is 15.8. The number of aliphatic imine (C=N–C) groups is 2. The Hall–Kier alpha value is -6.59. The van der Waals surface area contributed by atoms with E-state index in [1.165, 1.54) is 0 Å². The van der Waals surface area contributed by atoms with Crippen molar-refractivity contribution >= 4 is 72.5 Å². The Bertz CT molecular complexity index is 2740. The lowest BCUT2D eigenvalue weighted by molar-refractivity contribution is 0.669. The Kier molecular flexibility index (Phi) is 6.54. The molecule has 0 radical (unpaired) electrons. The van der Waals surface area contributed by atoms with Crippen molar-refractivity contribution in [1.29, 1.82) is 5.41 Å². The van der Waals surface area contributed by atoms with Crippen molar-refractivity contribution in [3.05, 3.63) is 168 Å². The minimum Gasteiger partial charge on any atom is -0.456 e. The Morgan fingerprint density at radius 2 is 1.21 bits per heavy atom. The van der Waals surface area contributed by atoms with Crippen LogP contribution in [0.5, 0.6) is 0 Å². The summed E-state index contributed by atoms with van der Waals surface area (Å²) in [6.45, 7) is 0. The van der Waals surface area contributed by atoms with Crippen molar-refractivity contribution in [2.75, 3.05) is 0 Å². The lowest BCUT2D eigenvalue weighted by Gasteiger charge is -2.08. The van der Waals surface area contributed by atoms with E-state index in [4.69, 9.17) is 24.2 Å². The van der Waals surface area contributed by atoms with Gasteiger partial charge < -0.3 is 8.83 Å². The second-order valence-electron chi connectivity index (χ2n) is 11.8. The van der Waals surface area contributed by atoms with Gasteiger partial charge in [-0.1, -0.05) is 103 Å². The second-order valence-corrected chi connectivity index (χ2v) is 11.8. The van der Waals surface area contributed by atoms with E-state index in [9.17, 15) is 0 Å². The molecule has 48 heavy (non-hydrogen) atoms. The van der Waals surface area contributed by atoms with Crippen LogP contribution < -0.4 is 0 Å². The summed E-state index contributed by atoms with van der Waals surface area (Å²) >= 11 is 0. The van der Waals surface area contributed by atoms with Gasteiger partial charge in [-0.3, -0.25) is 5.41 Å². The number of fused-ring (bicyclic) bond motifs is 8. The SMILES string of the molecule is N=C(N=C(N=Cc1cc2cc(-c3ccccc3)ccc2c2oc3ccccc3c12)c1ccc2oc3ccccc3c2c1)c1ccccc1. The molecule has 226 valence electrons. The highest BCUT2D eigenvalue weighted by atomic mass is 16.3. The molecule has 0 atom stereocenters. The van der Waals surface area contributed by atoms with Crippen LogP contribution in [-0.2, 0) is 0 Å². The van der Waals surface area contributed by atoms with Crippen LogP contribution in [-0.4, -0.2) is 17.9 Å². The van der Waals surface area contributed by atoms with E-state index in [1.807, 2.05) is 97.2 Å². The average molecular weight is 618 g/mol. The van der Waals surface area contributed by atoms with Gasteiger partial charge in [0, 0.05) is 49.8 Å². The first kappa shape index (κ1) is 27.7. The Morgan fingerprint density at radius 1 is 0.521 bits per heavy atom. The predicted molar refractivity (Wildman–Crippen MR) is 198 cm³/mol. The maximum atomic E-state index is 8.89. The van der Waals surface area contributed by atoms with Crippen LogP contribution in [0.25, 0.3) is 65.8 Å². The van der Waals surface area contributed by atoms with Crippen LogP contribution >= 0.6 is 0 Å². The first-order chi connectivity index (χ1) is 23.7. The highest BCUT2D eigenvalue weighted by Crippen LogP contribution is 2.38. The molecule has 0 fully saturated rings. The number of nitrogens with zero attached hydrogens (tertiary/aromatic N) is 2. The van der Waals surface area contributed by atoms with Gasteiger partial charge in [0.25, 0.3) is 0 Å². The van der Waals surface area contributed by atoms with Crippen molar-refractivity contribution < 1.29 is 8.83 Å². The second kappa shape index (κ2) is 11.3. The summed E-state index contributed by atoms with van der Waals surface area (Å²) in [4.78, 5) is 9.83. The van der Waals surface area contributed by atoms with Gasteiger partial charge in [0.1, 0.15) is 22.3 Å². The molecule has 5 heteroatoms. The van der Waals surface area contributed by atoms with E-state index in [0.717, 1.165) is 76.9 Å². The maximum absolute atomic E-state index is 8.89. The monoisotopic (exact) mass is 617 g/mol. The van der Waals surface area contributed by atoms with Crippen LogP contribution in [0.4, 0.5) is 0 Å². The molecular formula is C43H27N3O2. The number of furan rings is 2. The zero-order chi connectivity index (χ0) is 32.0. The lowest BCUT2D eigenvalue weighted by Crippen LogP contribution is -2.04. The predicted octanol–water partition coefficient (Wildman–Crippen LogP) is 11.2. The van der Waals surface area contributed by atoms with E-state index in [-0.39, 0.29) is 5.84 Å². The molecule has 0 saturated heterocycles. The molecule has 0 aliphatic rings. The van der Waals surface area contributed by atoms with Crippen LogP contribution in [0.15, 0.2) is 170 Å². The number of rotatable bonds is 4. The molecule has 0 aliphatic carbocycles. The van der Waals surface area contributed by atoms with E-state index >= 15 is 0 Å². The Balaban J connectivity index is 1.25. The van der Waals surface area contributed by atoms with Gasteiger partial charge in [-0.25, -0.2) is 9.98 Å². The molecule has 0 unspecified atom stereocenters. The van der Waals surface area contributed by atoms with E-state index in [2.05, 4.69) is 60.7 Å². The van der Waals surface area contributed by atoms with Crippen molar-refractivity contribution in [1.82, 2.24) is 0 Å². The highest BCUT2D eigenvalue weighted by Gasteiger charge is 2.16. The van der Waals surface area contributed by atoms with Crippen molar-refractivity contribution in [2.45, 2.75) is 0 Å². The van der Waals surface area contributed by atoms with Crippen LogP contribution in [0.2, 0.25) is 0 Å². The van der Waals surface area contributed by atoms with Crippen LogP contribution in [0.3, 0.4) is 0 Å². The third-order valence-electron chi connectivity index (χ3n) is 8.82. The van der Waals surface area contributed by atoms with Gasteiger partial charge in [-0.05, 0) is 65.0 Å². The molecule has 1 N–H and O–H groups in total.